The van der Waals surface area contributed by atoms with Crippen molar-refractivity contribution in [3.05, 3.63) is 23.8 Å². The summed E-state index contributed by atoms with van der Waals surface area (Å²) in [5.41, 5.74) is 8.25. The molecule has 1 aromatic rings. The van der Waals surface area contributed by atoms with Crippen molar-refractivity contribution in [1.29, 1.82) is 5.26 Å². The summed E-state index contributed by atoms with van der Waals surface area (Å²) in [6.07, 6.45) is 0. The van der Waals surface area contributed by atoms with Crippen LogP contribution in [0.5, 0.6) is 0 Å². The van der Waals surface area contributed by atoms with Gasteiger partial charge in [-0.15, -0.1) is 0 Å². The highest BCUT2D eigenvalue weighted by atomic mass is 32.2. The second kappa shape index (κ2) is 4.89. The first kappa shape index (κ1) is 12.1. The lowest BCUT2D eigenvalue weighted by molar-refractivity contribution is 0.628. The van der Waals surface area contributed by atoms with E-state index in [4.69, 9.17) is 11.0 Å². The van der Waals surface area contributed by atoms with Crippen LogP contribution in [-0.4, -0.2) is 23.6 Å². The predicted octanol–water partition coefficient (Wildman–Crippen LogP) is 2.47. The van der Waals surface area contributed by atoms with Gasteiger partial charge in [-0.05, 0) is 19.1 Å². The van der Waals surface area contributed by atoms with E-state index in [1.165, 1.54) is 0 Å². The lowest BCUT2D eigenvalue weighted by Crippen LogP contribution is -2.45. The van der Waals surface area contributed by atoms with Crippen LogP contribution < -0.4 is 10.6 Å². The fourth-order valence-electron chi connectivity index (χ4n) is 2.17. The van der Waals surface area contributed by atoms with Gasteiger partial charge in [0, 0.05) is 23.6 Å². The number of anilines is 2. The zero-order valence-electron chi connectivity index (χ0n) is 10.2. The van der Waals surface area contributed by atoms with Crippen molar-refractivity contribution in [2.24, 2.45) is 0 Å². The molecule has 0 radical (unpaired) electrons. The largest absolute Gasteiger partial charge is 0.396 e. The van der Waals surface area contributed by atoms with E-state index in [1.807, 2.05) is 23.9 Å². The van der Waals surface area contributed by atoms with Gasteiger partial charge in [0.15, 0.2) is 0 Å². The van der Waals surface area contributed by atoms with E-state index in [9.17, 15) is 0 Å². The predicted molar refractivity (Wildman–Crippen MR) is 74.3 cm³/mol. The van der Waals surface area contributed by atoms with Crippen molar-refractivity contribution in [3.8, 4) is 6.07 Å². The maximum Gasteiger partial charge on any atom is 0.101 e. The van der Waals surface area contributed by atoms with Gasteiger partial charge in [-0.2, -0.15) is 17.0 Å². The van der Waals surface area contributed by atoms with Crippen molar-refractivity contribution < 1.29 is 0 Å². The minimum absolute atomic E-state index is 0.449. The highest BCUT2D eigenvalue weighted by Crippen LogP contribution is 2.33. The standard InChI is InChI=1S/C13H17N3S/c1-9-10(2)17-7-6-16(9)12-5-3-4-11(8-14)13(12)15/h3-5,9-10H,6-7,15H2,1-2H3. The maximum absolute atomic E-state index is 9.01. The third kappa shape index (κ3) is 2.20. The summed E-state index contributed by atoms with van der Waals surface area (Å²) >= 11 is 1.99. The van der Waals surface area contributed by atoms with Gasteiger partial charge in [0.1, 0.15) is 6.07 Å². The minimum atomic E-state index is 0.449. The van der Waals surface area contributed by atoms with Gasteiger partial charge in [-0.25, -0.2) is 0 Å². The molecular weight excluding hydrogens is 230 g/mol. The first-order valence-electron chi connectivity index (χ1n) is 5.82. The number of nitrogens with two attached hydrogens (primary N) is 1. The van der Waals surface area contributed by atoms with E-state index < -0.39 is 0 Å². The normalized spacial score (nSPS) is 24.4. The number of benzene rings is 1. The molecule has 0 aromatic heterocycles. The Balaban J connectivity index is 2.37. The number of hydrogen-bond acceptors (Lipinski definition) is 4. The van der Waals surface area contributed by atoms with Gasteiger partial charge in [0.05, 0.1) is 16.9 Å². The smallest absolute Gasteiger partial charge is 0.101 e. The Kier molecular flexibility index (Phi) is 3.49. The summed E-state index contributed by atoms with van der Waals surface area (Å²) in [5, 5.41) is 9.60. The molecule has 3 nitrogen and oxygen atoms in total. The molecule has 90 valence electrons. The molecule has 1 aromatic carbocycles. The molecule has 0 spiro atoms. The van der Waals surface area contributed by atoms with E-state index in [0.717, 1.165) is 18.0 Å². The second-order valence-corrected chi connectivity index (χ2v) is 5.85. The van der Waals surface area contributed by atoms with E-state index in [0.29, 0.717) is 22.5 Å². The summed E-state index contributed by atoms with van der Waals surface area (Å²) < 4.78 is 0. The molecule has 17 heavy (non-hydrogen) atoms. The second-order valence-electron chi connectivity index (χ2n) is 4.36. The van der Waals surface area contributed by atoms with Crippen molar-refractivity contribution >= 4 is 23.1 Å². The Labute approximate surface area is 107 Å². The molecule has 2 atom stereocenters. The van der Waals surface area contributed by atoms with Crippen molar-refractivity contribution in [1.82, 2.24) is 0 Å². The van der Waals surface area contributed by atoms with Crippen LogP contribution in [0.2, 0.25) is 0 Å². The van der Waals surface area contributed by atoms with E-state index in [2.05, 4.69) is 24.8 Å². The lowest BCUT2D eigenvalue weighted by Gasteiger charge is -2.39. The Morgan fingerprint density at radius 1 is 1.47 bits per heavy atom. The molecule has 2 rings (SSSR count). The van der Waals surface area contributed by atoms with E-state index in [-0.39, 0.29) is 0 Å². The van der Waals surface area contributed by atoms with E-state index >= 15 is 0 Å². The fourth-order valence-corrected chi connectivity index (χ4v) is 3.27. The summed E-state index contributed by atoms with van der Waals surface area (Å²) in [6, 6.07) is 8.28. The van der Waals surface area contributed by atoms with Crippen LogP contribution in [-0.2, 0) is 0 Å². The highest BCUT2D eigenvalue weighted by Gasteiger charge is 2.26. The third-order valence-corrected chi connectivity index (χ3v) is 4.73. The monoisotopic (exact) mass is 247 g/mol. The Morgan fingerprint density at radius 2 is 2.24 bits per heavy atom. The number of nitrogens with zero attached hydrogens (tertiary/aromatic N) is 2. The van der Waals surface area contributed by atoms with E-state index in [1.54, 1.807) is 6.07 Å². The Bertz CT molecular complexity index is 452. The van der Waals surface area contributed by atoms with Crippen LogP contribution >= 0.6 is 11.8 Å². The van der Waals surface area contributed by atoms with Crippen LogP contribution in [0.3, 0.4) is 0 Å². The van der Waals surface area contributed by atoms with Crippen LogP contribution in [0, 0.1) is 11.3 Å². The van der Waals surface area contributed by atoms with Crippen LogP contribution in [0.15, 0.2) is 18.2 Å². The molecule has 0 aliphatic carbocycles. The van der Waals surface area contributed by atoms with Gasteiger partial charge >= 0.3 is 0 Å². The van der Waals surface area contributed by atoms with Crippen molar-refractivity contribution in [3.63, 3.8) is 0 Å². The fraction of sp³-hybridized carbons (Fsp3) is 0.462. The number of hydrogen-bond donors (Lipinski definition) is 1. The minimum Gasteiger partial charge on any atom is -0.396 e. The molecule has 1 heterocycles. The highest BCUT2D eigenvalue weighted by molar-refractivity contribution is 8.00. The first-order chi connectivity index (χ1) is 8.15. The topological polar surface area (TPSA) is 53.0 Å². The summed E-state index contributed by atoms with van der Waals surface area (Å²) in [5.74, 6) is 1.11. The zero-order valence-corrected chi connectivity index (χ0v) is 11.0. The van der Waals surface area contributed by atoms with Gasteiger partial charge < -0.3 is 10.6 Å². The first-order valence-corrected chi connectivity index (χ1v) is 6.87. The molecule has 1 fully saturated rings. The zero-order chi connectivity index (χ0) is 12.4. The van der Waals surface area contributed by atoms with Gasteiger partial charge in [-0.1, -0.05) is 13.0 Å². The van der Waals surface area contributed by atoms with Crippen molar-refractivity contribution in [2.75, 3.05) is 22.9 Å². The quantitative estimate of drug-likeness (QED) is 0.775. The molecule has 2 N–H and O–H groups in total. The number of rotatable bonds is 1. The number of nitriles is 1. The van der Waals surface area contributed by atoms with Gasteiger partial charge in [0.2, 0.25) is 0 Å². The lowest BCUT2D eigenvalue weighted by atomic mass is 10.1. The number of para-hydroxylation sites is 1. The molecular formula is C13H17N3S. The molecule has 0 saturated carbocycles. The Hall–Kier alpha value is -1.34. The molecule has 0 amide bonds. The molecule has 0 bridgehead atoms. The summed E-state index contributed by atoms with van der Waals surface area (Å²) in [6.45, 7) is 5.45. The SMILES string of the molecule is CC1SCCN(c2cccc(C#N)c2N)C1C. The average Bonchev–Trinajstić information content (AvgIpc) is 2.33. The third-order valence-electron chi connectivity index (χ3n) is 3.40. The number of thioether (sulfide) groups is 1. The van der Waals surface area contributed by atoms with Gasteiger partial charge in [0.25, 0.3) is 0 Å². The molecule has 1 saturated heterocycles. The van der Waals surface area contributed by atoms with Crippen LogP contribution in [0.4, 0.5) is 11.4 Å². The molecule has 1 aliphatic heterocycles. The molecule has 1 aliphatic rings. The average molecular weight is 247 g/mol. The molecule has 4 heteroatoms. The van der Waals surface area contributed by atoms with Crippen LogP contribution in [0.1, 0.15) is 19.4 Å². The summed E-state index contributed by atoms with van der Waals surface area (Å²) in [4.78, 5) is 2.32. The Morgan fingerprint density at radius 3 is 2.94 bits per heavy atom. The van der Waals surface area contributed by atoms with Crippen LogP contribution in [0.25, 0.3) is 0 Å². The van der Waals surface area contributed by atoms with Crippen molar-refractivity contribution in [2.45, 2.75) is 25.1 Å². The number of nitrogen functional groups attached to an aromatic ring is 1. The maximum atomic E-state index is 9.01. The molecule has 2 unspecified atom stereocenters. The summed E-state index contributed by atoms with van der Waals surface area (Å²) in [7, 11) is 0. The van der Waals surface area contributed by atoms with Gasteiger partial charge in [-0.3, -0.25) is 0 Å².